The smallest absolute Gasteiger partial charge is 0.335 e. The van der Waals surface area contributed by atoms with Gasteiger partial charge < -0.3 is 8.85 Å². The van der Waals surface area contributed by atoms with Gasteiger partial charge in [-0.3, -0.25) is 0 Å². The van der Waals surface area contributed by atoms with Crippen molar-refractivity contribution in [3.8, 4) is 0 Å². The van der Waals surface area contributed by atoms with Gasteiger partial charge in [0, 0.05) is 6.61 Å². The van der Waals surface area contributed by atoms with Crippen molar-refractivity contribution < 1.29 is 8.85 Å². The van der Waals surface area contributed by atoms with Crippen LogP contribution in [-0.2, 0) is 15.5 Å². The second-order valence-corrected chi connectivity index (χ2v) is 7.90. The van der Waals surface area contributed by atoms with Crippen LogP contribution < -0.4 is 0 Å². The molecular weight excluding hydrogens is 240 g/mol. The Morgan fingerprint density at radius 2 is 2.06 bits per heavy atom. The number of rotatable bonds is 8. The standard InChI is InChI=1S/C15H24O2Si/c1-5-11-18(4,16-7-3)17-13-15-10-8-9-14(6-2)12-15/h6,8-10,12H,2,5,7,11,13H2,1,3-4H3. The van der Waals surface area contributed by atoms with E-state index in [0.29, 0.717) is 6.61 Å². The summed E-state index contributed by atoms with van der Waals surface area (Å²) in [6.45, 7) is 11.5. The maximum atomic E-state index is 6.08. The van der Waals surface area contributed by atoms with E-state index in [2.05, 4.69) is 32.2 Å². The summed E-state index contributed by atoms with van der Waals surface area (Å²) in [4.78, 5) is 0. The lowest BCUT2D eigenvalue weighted by Gasteiger charge is -2.26. The normalized spacial score (nSPS) is 14.2. The Morgan fingerprint density at radius 3 is 2.67 bits per heavy atom. The van der Waals surface area contributed by atoms with Gasteiger partial charge in [0.05, 0.1) is 6.61 Å². The topological polar surface area (TPSA) is 18.5 Å². The highest BCUT2D eigenvalue weighted by Crippen LogP contribution is 2.18. The van der Waals surface area contributed by atoms with E-state index in [1.54, 1.807) is 0 Å². The number of hydrogen-bond acceptors (Lipinski definition) is 2. The first kappa shape index (κ1) is 15.2. The van der Waals surface area contributed by atoms with Crippen molar-refractivity contribution in [1.82, 2.24) is 0 Å². The molecule has 0 aliphatic rings. The molecule has 0 fully saturated rings. The molecule has 100 valence electrons. The van der Waals surface area contributed by atoms with Crippen molar-refractivity contribution >= 4 is 14.6 Å². The van der Waals surface area contributed by atoms with Crippen molar-refractivity contribution in [3.63, 3.8) is 0 Å². The second-order valence-electron chi connectivity index (χ2n) is 4.55. The van der Waals surface area contributed by atoms with E-state index in [-0.39, 0.29) is 0 Å². The van der Waals surface area contributed by atoms with Gasteiger partial charge in [0.2, 0.25) is 0 Å². The molecule has 1 unspecified atom stereocenters. The molecule has 1 atom stereocenters. The van der Waals surface area contributed by atoms with Crippen LogP contribution in [0.5, 0.6) is 0 Å². The maximum absolute atomic E-state index is 6.08. The van der Waals surface area contributed by atoms with Gasteiger partial charge in [-0.15, -0.1) is 0 Å². The highest BCUT2D eigenvalue weighted by Gasteiger charge is 2.29. The fourth-order valence-corrected chi connectivity index (χ4v) is 4.35. The largest absolute Gasteiger partial charge is 0.395 e. The van der Waals surface area contributed by atoms with Crippen LogP contribution in [0.4, 0.5) is 0 Å². The molecule has 0 amide bonds. The van der Waals surface area contributed by atoms with Crippen molar-refractivity contribution in [2.75, 3.05) is 6.61 Å². The van der Waals surface area contributed by atoms with Gasteiger partial charge in [-0.05, 0) is 36.7 Å². The first-order valence-electron chi connectivity index (χ1n) is 6.63. The molecule has 1 aromatic carbocycles. The van der Waals surface area contributed by atoms with E-state index < -0.39 is 8.56 Å². The van der Waals surface area contributed by atoms with Crippen LogP contribution in [0.2, 0.25) is 12.6 Å². The molecule has 0 aliphatic heterocycles. The lowest BCUT2D eigenvalue weighted by Crippen LogP contribution is -2.38. The van der Waals surface area contributed by atoms with Crippen LogP contribution >= 0.6 is 0 Å². The molecular formula is C15H24O2Si. The third-order valence-electron chi connectivity index (χ3n) is 2.88. The Kier molecular flexibility index (Phi) is 6.33. The zero-order valence-corrected chi connectivity index (χ0v) is 12.7. The minimum Gasteiger partial charge on any atom is -0.395 e. The number of hydrogen-bond donors (Lipinski definition) is 0. The summed E-state index contributed by atoms with van der Waals surface area (Å²) < 4.78 is 11.9. The highest BCUT2D eigenvalue weighted by molar-refractivity contribution is 6.65. The Bertz CT molecular complexity index is 371. The van der Waals surface area contributed by atoms with Gasteiger partial charge in [0.15, 0.2) is 0 Å². The average Bonchev–Trinajstić information content (AvgIpc) is 2.37. The van der Waals surface area contributed by atoms with Gasteiger partial charge in [-0.25, -0.2) is 0 Å². The molecule has 0 saturated carbocycles. The Labute approximate surface area is 112 Å². The van der Waals surface area contributed by atoms with E-state index in [9.17, 15) is 0 Å². The molecule has 0 spiro atoms. The summed E-state index contributed by atoms with van der Waals surface area (Å²) in [7, 11) is -1.99. The van der Waals surface area contributed by atoms with E-state index >= 15 is 0 Å². The van der Waals surface area contributed by atoms with Gasteiger partial charge in [-0.1, -0.05) is 44.2 Å². The van der Waals surface area contributed by atoms with Crippen LogP contribution in [0.1, 0.15) is 31.4 Å². The fourth-order valence-electron chi connectivity index (χ4n) is 1.99. The zero-order chi connectivity index (χ0) is 13.4. The van der Waals surface area contributed by atoms with Crippen molar-refractivity contribution in [3.05, 3.63) is 42.0 Å². The summed E-state index contributed by atoms with van der Waals surface area (Å²) in [6, 6.07) is 9.32. The minimum absolute atomic E-state index is 0.629. The Hall–Kier alpha value is -0.903. The zero-order valence-electron chi connectivity index (χ0n) is 11.7. The molecule has 1 aromatic rings. The molecule has 0 radical (unpaired) electrons. The van der Waals surface area contributed by atoms with Crippen LogP contribution in [-0.4, -0.2) is 15.2 Å². The molecule has 0 aromatic heterocycles. The average molecular weight is 264 g/mol. The second kappa shape index (κ2) is 7.51. The quantitative estimate of drug-likeness (QED) is 0.649. The van der Waals surface area contributed by atoms with Crippen molar-refractivity contribution in [2.24, 2.45) is 0 Å². The first-order chi connectivity index (χ1) is 8.63. The Balaban J connectivity index is 2.63. The van der Waals surface area contributed by atoms with Gasteiger partial charge >= 0.3 is 8.56 Å². The summed E-state index contributed by atoms with van der Waals surface area (Å²) in [6.07, 6.45) is 2.96. The predicted molar refractivity (Wildman–Crippen MR) is 79.7 cm³/mol. The molecule has 0 bridgehead atoms. The molecule has 0 saturated heterocycles. The molecule has 0 N–H and O–H groups in total. The van der Waals surface area contributed by atoms with Gasteiger partial charge in [-0.2, -0.15) is 0 Å². The molecule has 3 heteroatoms. The number of benzene rings is 1. The van der Waals surface area contributed by atoms with Crippen LogP contribution in [0.15, 0.2) is 30.8 Å². The van der Waals surface area contributed by atoms with Crippen molar-refractivity contribution in [2.45, 2.75) is 39.5 Å². The molecule has 1 rings (SSSR count). The summed E-state index contributed by atoms with van der Waals surface area (Å²) in [5, 5.41) is 0. The molecule has 18 heavy (non-hydrogen) atoms. The van der Waals surface area contributed by atoms with Crippen molar-refractivity contribution in [1.29, 1.82) is 0 Å². The predicted octanol–water partition coefficient (Wildman–Crippen LogP) is 4.36. The minimum atomic E-state index is -1.99. The third-order valence-corrected chi connectivity index (χ3v) is 5.95. The van der Waals surface area contributed by atoms with Crippen LogP contribution in [0.25, 0.3) is 6.08 Å². The van der Waals surface area contributed by atoms with Gasteiger partial charge in [0.1, 0.15) is 0 Å². The summed E-state index contributed by atoms with van der Waals surface area (Å²) in [5.74, 6) is 0. The Morgan fingerprint density at radius 1 is 1.28 bits per heavy atom. The summed E-state index contributed by atoms with van der Waals surface area (Å²) in [5.41, 5.74) is 2.31. The van der Waals surface area contributed by atoms with E-state index in [1.807, 2.05) is 25.1 Å². The fraction of sp³-hybridized carbons (Fsp3) is 0.467. The van der Waals surface area contributed by atoms with E-state index in [0.717, 1.165) is 24.6 Å². The van der Waals surface area contributed by atoms with Crippen LogP contribution in [0, 0.1) is 0 Å². The third kappa shape index (κ3) is 4.76. The lowest BCUT2D eigenvalue weighted by molar-refractivity contribution is 0.172. The van der Waals surface area contributed by atoms with Crippen LogP contribution in [0.3, 0.4) is 0 Å². The first-order valence-corrected chi connectivity index (χ1v) is 9.15. The monoisotopic (exact) mass is 264 g/mol. The molecule has 0 heterocycles. The molecule has 0 aliphatic carbocycles. The van der Waals surface area contributed by atoms with E-state index in [4.69, 9.17) is 8.85 Å². The van der Waals surface area contributed by atoms with Gasteiger partial charge in [0.25, 0.3) is 0 Å². The summed E-state index contributed by atoms with van der Waals surface area (Å²) >= 11 is 0. The van der Waals surface area contributed by atoms with E-state index in [1.165, 1.54) is 5.56 Å². The molecule has 2 nitrogen and oxygen atoms in total. The highest BCUT2D eigenvalue weighted by atomic mass is 28.4. The lowest BCUT2D eigenvalue weighted by atomic mass is 10.1. The SMILES string of the molecule is C=Cc1cccc(CO[Si](C)(CCC)OCC)c1. The maximum Gasteiger partial charge on any atom is 0.335 e.